The summed E-state index contributed by atoms with van der Waals surface area (Å²) in [7, 11) is 0. The summed E-state index contributed by atoms with van der Waals surface area (Å²) in [6.45, 7) is 4.47. The Labute approximate surface area is 113 Å². The summed E-state index contributed by atoms with van der Waals surface area (Å²) in [6, 6.07) is 7.22. The van der Waals surface area contributed by atoms with Crippen LogP contribution in [-0.2, 0) is 0 Å². The third-order valence-electron chi connectivity index (χ3n) is 3.91. The second-order valence-electron chi connectivity index (χ2n) is 5.15. The van der Waals surface area contributed by atoms with Crippen molar-refractivity contribution in [2.45, 2.75) is 45.2 Å². The second-order valence-corrected chi connectivity index (χ2v) is 5.15. The van der Waals surface area contributed by atoms with Crippen LogP contribution in [0.1, 0.15) is 39.2 Å². The van der Waals surface area contributed by atoms with Crippen LogP contribution in [0.2, 0.25) is 0 Å². The maximum absolute atomic E-state index is 4.76. The van der Waals surface area contributed by atoms with Gasteiger partial charge in [0.1, 0.15) is 5.82 Å². The largest absolute Gasteiger partial charge is 0.367 e. The molecule has 0 saturated carbocycles. The van der Waals surface area contributed by atoms with Crippen molar-refractivity contribution in [3.63, 3.8) is 0 Å². The van der Waals surface area contributed by atoms with Gasteiger partial charge in [0.2, 0.25) is 0 Å². The van der Waals surface area contributed by atoms with Crippen LogP contribution in [0, 0.1) is 0 Å². The van der Waals surface area contributed by atoms with Gasteiger partial charge in [-0.3, -0.25) is 4.98 Å². The molecule has 0 aliphatic carbocycles. The average Bonchev–Trinajstić information content (AvgIpc) is 2.91. The number of aromatic nitrogens is 3. The van der Waals surface area contributed by atoms with Gasteiger partial charge in [-0.05, 0) is 31.4 Å². The summed E-state index contributed by atoms with van der Waals surface area (Å²) in [5.41, 5.74) is 2.08. The third kappa shape index (κ3) is 2.23. The number of fused-ring (bicyclic) bond motifs is 1. The molecule has 3 rings (SSSR count). The summed E-state index contributed by atoms with van der Waals surface area (Å²) >= 11 is 0. The van der Waals surface area contributed by atoms with E-state index in [4.69, 9.17) is 5.10 Å². The van der Waals surface area contributed by atoms with Gasteiger partial charge in [-0.2, -0.15) is 5.10 Å². The van der Waals surface area contributed by atoms with E-state index in [9.17, 15) is 0 Å². The Morgan fingerprint density at radius 3 is 2.95 bits per heavy atom. The lowest BCUT2D eigenvalue weighted by Crippen LogP contribution is -2.31. The highest BCUT2D eigenvalue weighted by atomic mass is 15.4. The first-order valence-corrected chi connectivity index (χ1v) is 7.08. The number of hydrogen-bond acceptors (Lipinski definition) is 3. The zero-order chi connectivity index (χ0) is 13.2. The molecule has 2 atom stereocenters. The second kappa shape index (κ2) is 5.03. The third-order valence-corrected chi connectivity index (χ3v) is 3.91. The van der Waals surface area contributed by atoms with Crippen molar-refractivity contribution in [2.24, 2.45) is 0 Å². The first kappa shape index (κ1) is 12.2. The van der Waals surface area contributed by atoms with Crippen molar-refractivity contribution in [3.05, 3.63) is 30.6 Å². The molecule has 4 nitrogen and oxygen atoms in total. The summed E-state index contributed by atoms with van der Waals surface area (Å²) in [6.07, 6.45) is 7.10. The molecule has 1 aliphatic rings. The van der Waals surface area contributed by atoms with Crippen LogP contribution >= 0.6 is 0 Å². The SMILES string of the molecule is CCC1CC(CC)n2nc(-c3cccnc3)cc2N1. The van der Waals surface area contributed by atoms with E-state index in [1.54, 1.807) is 6.20 Å². The molecule has 0 radical (unpaired) electrons. The van der Waals surface area contributed by atoms with Crippen LogP contribution in [0.4, 0.5) is 5.82 Å². The molecule has 4 heteroatoms. The molecule has 2 unspecified atom stereocenters. The van der Waals surface area contributed by atoms with E-state index < -0.39 is 0 Å². The molecule has 0 aromatic carbocycles. The van der Waals surface area contributed by atoms with Gasteiger partial charge in [-0.15, -0.1) is 0 Å². The highest BCUT2D eigenvalue weighted by Gasteiger charge is 2.25. The molecular weight excluding hydrogens is 236 g/mol. The Balaban J connectivity index is 1.98. The minimum Gasteiger partial charge on any atom is -0.367 e. The fourth-order valence-electron chi connectivity index (χ4n) is 2.74. The monoisotopic (exact) mass is 256 g/mol. The van der Waals surface area contributed by atoms with E-state index in [1.165, 1.54) is 0 Å². The van der Waals surface area contributed by atoms with Gasteiger partial charge < -0.3 is 5.32 Å². The van der Waals surface area contributed by atoms with Crippen LogP contribution in [0.3, 0.4) is 0 Å². The zero-order valence-electron chi connectivity index (χ0n) is 11.5. The number of nitrogens with zero attached hydrogens (tertiary/aromatic N) is 3. The lowest BCUT2D eigenvalue weighted by Gasteiger charge is -2.31. The van der Waals surface area contributed by atoms with E-state index in [0.29, 0.717) is 12.1 Å². The Bertz CT molecular complexity index is 547. The van der Waals surface area contributed by atoms with Crippen molar-refractivity contribution < 1.29 is 0 Å². The van der Waals surface area contributed by atoms with Gasteiger partial charge in [0, 0.05) is 30.1 Å². The van der Waals surface area contributed by atoms with Crippen molar-refractivity contribution in [3.8, 4) is 11.3 Å². The van der Waals surface area contributed by atoms with Crippen LogP contribution in [0.5, 0.6) is 0 Å². The molecule has 0 fully saturated rings. The summed E-state index contributed by atoms with van der Waals surface area (Å²) in [5.74, 6) is 1.14. The first-order valence-electron chi connectivity index (χ1n) is 7.08. The number of nitrogens with one attached hydrogen (secondary N) is 1. The molecule has 0 spiro atoms. The molecule has 1 aliphatic heterocycles. The predicted octanol–water partition coefficient (Wildman–Crippen LogP) is 3.49. The summed E-state index contributed by atoms with van der Waals surface area (Å²) < 4.78 is 2.15. The fourth-order valence-corrected chi connectivity index (χ4v) is 2.74. The van der Waals surface area contributed by atoms with Crippen molar-refractivity contribution in [2.75, 3.05) is 5.32 Å². The maximum Gasteiger partial charge on any atom is 0.125 e. The lowest BCUT2D eigenvalue weighted by atomic mass is 10.0. The number of pyridine rings is 1. The van der Waals surface area contributed by atoms with Gasteiger partial charge in [0.25, 0.3) is 0 Å². The standard InChI is InChI=1S/C15H20N4/c1-3-12-8-13(4-2)19-15(17-12)9-14(18-19)11-6-5-7-16-10-11/h5-7,9-10,12-13,17H,3-4,8H2,1-2H3. The smallest absolute Gasteiger partial charge is 0.125 e. The van der Waals surface area contributed by atoms with Crippen molar-refractivity contribution in [1.82, 2.24) is 14.8 Å². The summed E-state index contributed by atoms with van der Waals surface area (Å²) in [4.78, 5) is 4.17. The van der Waals surface area contributed by atoms with E-state index in [2.05, 4.69) is 41.0 Å². The van der Waals surface area contributed by atoms with E-state index in [-0.39, 0.29) is 0 Å². The van der Waals surface area contributed by atoms with Crippen molar-refractivity contribution in [1.29, 1.82) is 0 Å². The van der Waals surface area contributed by atoms with Crippen LogP contribution in [0.15, 0.2) is 30.6 Å². The van der Waals surface area contributed by atoms with Crippen LogP contribution < -0.4 is 5.32 Å². The van der Waals surface area contributed by atoms with Gasteiger partial charge in [-0.25, -0.2) is 4.68 Å². The average molecular weight is 256 g/mol. The molecule has 1 N–H and O–H groups in total. The molecular formula is C15H20N4. The Morgan fingerprint density at radius 2 is 2.26 bits per heavy atom. The predicted molar refractivity (Wildman–Crippen MR) is 77.1 cm³/mol. The highest BCUT2D eigenvalue weighted by molar-refractivity contribution is 5.62. The fraction of sp³-hybridized carbons (Fsp3) is 0.467. The molecule has 0 saturated heterocycles. The van der Waals surface area contributed by atoms with E-state index in [1.807, 2.05) is 12.3 Å². The van der Waals surface area contributed by atoms with Gasteiger partial charge >= 0.3 is 0 Å². The molecule has 0 amide bonds. The Hall–Kier alpha value is -1.84. The molecule has 19 heavy (non-hydrogen) atoms. The molecule has 3 heterocycles. The first-order chi connectivity index (χ1) is 9.31. The molecule has 2 aromatic rings. The Morgan fingerprint density at radius 1 is 1.37 bits per heavy atom. The minimum absolute atomic E-state index is 0.506. The normalized spacial score (nSPS) is 21.8. The quantitative estimate of drug-likeness (QED) is 0.914. The molecule has 2 aromatic heterocycles. The van der Waals surface area contributed by atoms with E-state index in [0.717, 1.165) is 36.3 Å². The number of anilines is 1. The Kier molecular flexibility index (Phi) is 3.23. The lowest BCUT2D eigenvalue weighted by molar-refractivity contribution is 0.363. The van der Waals surface area contributed by atoms with E-state index >= 15 is 0 Å². The van der Waals surface area contributed by atoms with Gasteiger partial charge in [0.05, 0.1) is 11.7 Å². The van der Waals surface area contributed by atoms with Gasteiger partial charge in [-0.1, -0.05) is 13.8 Å². The van der Waals surface area contributed by atoms with Crippen LogP contribution in [0.25, 0.3) is 11.3 Å². The van der Waals surface area contributed by atoms with Gasteiger partial charge in [0.15, 0.2) is 0 Å². The maximum atomic E-state index is 4.76. The van der Waals surface area contributed by atoms with Crippen molar-refractivity contribution >= 4 is 5.82 Å². The minimum atomic E-state index is 0.506. The van der Waals surface area contributed by atoms with Crippen LogP contribution in [-0.4, -0.2) is 20.8 Å². The molecule has 100 valence electrons. The topological polar surface area (TPSA) is 42.7 Å². The zero-order valence-corrected chi connectivity index (χ0v) is 11.5. The highest BCUT2D eigenvalue weighted by Crippen LogP contribution is 2.33. The number of rotatable bonds is 3. The molecule has 0 bridgehead atoms. The summed E-state index contributed by atoms with van der Waals surface area (Å²) in [5, 5.41) is 8.34. The number of hydrogen-bond donors (Lipinski definition) is 1.